The maximum absolute atomic E-state index is 13.9. The molecule has 0 aliphatic heterocycles. The van der Waals surface area contributed by atoms with Crippen LogP contribution in [0, 0.1) is 17.1 Å². The number of nitrogens with zero attached hydrogens (tertiary/aromatic N) is 1. The molecule has 1 aromatic rings. The van der Waals surface area contributed by atoms with Crippen LogP contribution in [0.3, 0.4) is 0 Å². The van der Waals surface area contributed by atoms with Crippen LogP contribution in [0.5, 0.6) is 0 Å². The fraction of sp³-hybridized carbons (Fsp3) is 0.500. The summed E-state index contributed by atoms with van der Waals surface area (Å²) in [7, 11) is -4.06. The van der Waals surface area contributed by atoms with Crippen molar-refractivity contribution in [2.45, 2.75) is 49.0 Å². The first kappa shape index (κ1) is 16.4. The van der Waals surface area contributed by atoms with Crippen molar-refractivity contribution in [3.8, 4) is 6.07 Å². The van der Waals surface area contributed by atoms with Crippen LogP contribution in [0.4, 0.5) is 4.39 Å². The van der Waals surface area contributed by atoms with Crippen molar-refractivity contribution in [3.63, 3.8) is 0 Å². The van der Waals surface area contributed by atoms with E-state index in [1.807, 2.05) is 0 Å². The molecule has 4 nitrogen and oxygen atoms in total. The number of rotatable bonds is 3. The van der Waals surface area contributed by atoms with Crippen LogP contribution in [0.1, 0.15) is 38.5 Å². The lowest BCUT2D eigenvalue weighted by atomic mass is 9.94. The molecule has 0 aromatic heterocycles. The van der Waals surface area contributed by atoms with E-state index >= 15 is 0 Å². The number of nitriles is 1. The highest BCUT2D eigenvalue weighted by atomic mass is 79.9. The van der Waals surface area contributed by atoms with Crippen molar-refractivity contribution in [1.82, 2.24) is 4.72 Å². The first-order valence-corrected chi connectivity index (χ1v) is 9.06. The SMILES string of the molecule is N#CC1(NS(=O)(=O)c2ccc(Br)cc2F)CCCCCC1. The lowest BCUT2D eigenvalue weighted by molar-refractivity contribution is 0.420. The molecule has 0 bridgehead atoms. The molecule has 0 saturated heterocycles. The number of halogens is 2. The van der Waals surface area contributed by atoms with Crippen LogP contribution >= 0.6 is 15.9 Å². The summed E-state index contributed by atoms with van der Waals surface area (Å²) in [5.74, 6) is -0.835. The van der Waals surface area contributed by atoms with Gasteiger partial charge in [-0.2, -0.15) is 9.98 Å². The van der Waals surface area contributed by atoms with Gasteiger partial charge in [0.2, 0.25) is 10.0 Å². The molecule has 0 amide bonds. The number of hydrogen-bond donors (Lipinski definition) is 1. The normalized spacial score (nSPS) is 18.7. The molecule has 114 valence electrons. The molecule has 1 saturated carbocycles. The highest BCUT2D eigenvalue weighted by Crippen LogP contribution is 2.29. The largest absolute Gasteiger partial charge is 0.244 e. The van der Waals surface area contributed by atoms with E-state index in [0.29, 0.717) is 17.3 Å². The molecule has 0 atom stereocenters. The van der Waals surface area contributed by atoms with Crippen LogP contribution in [-0.4, -0.2) is 14.0 Å². The van der Waals surface area contributed by atoms with Gasteiger partial charge in [-0.15, -0.1) is 0 Å². The van der Waals surface area contributed by atoms with Crippen molar-refractivity contribution in [1.29, 1.82) is 5.26 Å². The summed E-state index contributed by atoms with van der Waals surface area (Å²) in [6.45, 7) is 0. The Hall–Kier alpha value is -0.970. The minimum atomic E-state index is -4.06. The summed E-state index contributed by atoms with van der Waals surface area (Å²) < 4.78 is 41.6. The summed E-state index contributed by atoms with van der Waals surface area (Å²) in [5.41, 5.74) is -1.13. The molecule has 1 fully saturated rings. The zero-order valence-corrected chi connectivity index (χ0v) is 13.8. The topological polar surface area (TPSA) is 70.0 Å². The van der Waals surface area contributed by atoms with Crippen molar-refractivity contribution in [3.05, 3.63) is 28.5 Å². The highest BCUT2D eigenvalue weighted by Gasteiger charge is 2.36. The van der Waals surface area contributed by atoms with Crippen molar-refractivity contribution in [2.24, 2.45) is 0 Å². The Morgan fingerprint density at radius 3 is 2.38 bits per heavy atom. The Bertz CT molecular complexity index is 662. The Labute approximate surface area is 132 Å². The Morgan fingerprint density at radius 1 is 1.24 bits per heavy atom. The van der Waals surface area contributed by atoms with Gasteiger partial charge >= 0.3 is 0 Å². The van der Waals surface area contributed by atoms with E-state index in [0.717, 1.165) is 31.7 Å². The smallest absolute Gasteiger partial charge is 0.207 e. The van der Waals surface area contributed by atoms with E-state index in [-0.39, 0.29) is 0 Å². The van der Waals surface area contributed by atoms with Crippen molar-refractivity contribution < 1.29 is 12.8 Å². The van der Waals surface area contributed by atoms with Gasteiger partial charge in [0.1, 0.15) is 16.3 Å². The van der Waals surface area contributed by atoms with Crippen LogP contribution in [0.2, 0.25) is 0 Å². The van der Waals surface area contributed by atoms with Crippen molar-refractivity contribution >= 4 is 26.0 Å². The summed E-state index contributed by atoms with van der Waals surface area (Å²) in [5, 5.41) is 9.41. The van der Waals surface area contributed by atoms with E-state index < -0.39 is 26.3 Å². The Morgan fingerprint density at radius 2 is 1.86 bits per heavy atom. The van der Waals surface area contributed by atoms with Crippen LogP contribution < -0.4 is 4.72 Å². The molecule has 21 heavy (non-hydrogen) atoms. The van der Waals surface area contributed by atoms with Crippen LogP contribution in [0.15, 0.2) is 27.6 Å². The third kappa shape index (κ3) is 3.82. The monoisotopic (exact) mass is 374 g/mol. The number of hydrogen-bond acceptors (Lipinski definition) is 3. The quantitative estimate of drug-likeness (QED) is 0.823. The van der Waals surface area contributed by atoms with Gasteiger partial charge < -0.3 is 0 Å². The predicted octanol–water partition coefficient (Wildman–Crippen LogP) is 3.48. The standard InChI is InChI=1S/C14H16BrFN2O2S/c15-11-5-6-13(12(16)9-11)21(19,20)18-14(10-17)7-3-1-2-4-8-14/h5-6,9,18H,1-4,7-8H2. The molecule has 0 radical (unpaired) electrons. The summed E-state index contributed by atoms with van der Waals surface area (Å²) >= 11 is 3.09. The third-order valence-corrected chi connectivity index (χ3v) is 5.75. The Kier molecular flexibility index (Phi) is 5.02. The molecule has 2 rings (SSSR count). The van der Waals surface area contributed by atoms with E-state index in [9.17, 15) is 18.1 Å². The van der Waals surface area contributed by atoms with Gasteiger partial charge in [-0.1, -0.05) is 41.6 Å². The predicted molar refractivity (Wildman–Crippen MR) is 80.5 cm³/mol. The van der Waals surface area contributed by atoms with Gasteiger partial charge in [-0.25, -0.2) is 12.8 Å². The van der Waals surface area contributed by atoms with Gasteiger partial charge in [0.15, 0.2) is 0 Å². The number of nitrogens with one attached hydrogen (secondary N) is 1. The first-order chi connectivity index (χ1) is 9.88. The minimum Gasteiger partial charge on any atom is -0.207 e. The maximum Gasteiger partial charge on any atom is 0.244 e. The molecule has 0 spiro atoms. The highest BCUT2D eigenvalue weighted by molar-refractivity contribution is 9.10. The second-order valence-electron chi connectivity index (χ2n) is 5.29. The second kappa shape index (κ2) is 6.42. The van der Waals surface area contributed by atoms with E-state index in [1.165, 1.54) is 12.1 Å². The zero-order chi connectivity index (χ0) is 15.5. The van der Waals surface area contributed by atoms with E-state index in [2.05, 4.69) is 26.7 Å². The van der Waals surface area contributed by atoms with Crippen LogP contribution in [-0.2, 0) is 10.0 Å². The Balaban J connectivity index is 2.33. The van der Waals surface area contributed by atoms with E-state index in [4.69, 9.17) is 0 Å². The van der Waals surface area contributed by atoms with Crippen molar-refractivity contribution in [2.75, 3.05) is 0 Å². The molecule has 1 aliphatic carbocycles. The molecule has 0 unspecified atom stereocenters. The average Bonchev–Trinajstić information content (AvgIpc) is 2.64. The van der Waals surface area contributed by atoms with Gasteiger partial charge in [-0.3, -0.25) is 0 Å². The first-order valence-electron chi connectivity index (χ1n) is 6.79. The summed E-state index contributed by atoms with van der Waals surface area (Å²) in [4.78, 5) is -0.426. The summed E-state index contributed by atoms with van der Waals surface area (Å²) in [6, 6.07) is 5.85. The maximum atomic E-state index is 13.9. The summed E-state index contributed by atoms with van der Waals surface area (Å²) in [6.07, 6.45) is 4.47. The second-order valence-corrected chi connectivity index (χ2v) is 7.85. The molecule has 1 N–H and O–H groups in total. The van der Waals surface area contributed by atoms with Crippen LogP contribution in [0.25, 0.3) is 0 Å². The molecule has 7 heteroatoms. The average molecular weight is 375 g/mol. The molecule has 1 aliphatic rings. The minimum absolute atomic E-state index is 0.426. The van der Waals surface area contributed by atoms with Gasteiger partial charge in [0.05, 0.1) is 6.07 Å². The van der Waals surface area contributed by atoms with Gasteiger partial charge in [-0.05, 0) is 31.0 Å². The lowest BCUT2D eigenvalue weighted by Gasteiger charge is -2.26. The van der Waals surface area contributed by atoms with Gasteiger partial charge in [0.25, 0.3) is 0 Å². The van der Waals surface area contributed by atoms with E-state index in [1.54, 1.807) is 0 Å². The lowest BCUT2D eigenvalue weighted by Crippen LogP contribution is -2.47. The fourth-order valence-electron chi connectivity index (χ4n) is 2.57. The molecular formula is C14H16BrFN2O2S. The third-order valence-electron chi connectivity index (χ3n) is 3.68. The molecule has 1 aromatic carbocycles. The number of benzene rings is 1. The fourth-order valence-corrected chi connectivity index (χ4v) is 4.34. The molecule has 0 heterocycles. The zero-order valence-electron chi connectivity index (χ0n) is 11.4. The van der Waals surface area contributed by atoms with Gasteiger partial charge in [0, 0.05) is 4.47 Å². The number of sulfonamides is 1. The molecular weight excluding hydrogens is 359 g/mol.